The summed E-state index contributed by atoms with van der Waals surface area (Å²) < 4.78 is 1.70. The molecule has 0 saturated heterocycles. The summed E-state index contributed by atoms with van der Waals surface area (Å²) in [5.41, 5.74) is 1.69. The molecule has 0 aliphatic heterocycles. The van der Waals surface area contributed by atoms with Crippen molar-refractivity contribution in [1.82, 2.24) is 14.8 Å². The van der Waals surface area contributed by atoms with Gasteiger partial charge in [-0.3, -0.25) is 0 Å². The van der Waals surface area contributed by atoms with Gasteiger partial charge in [-0.2, -0.15) is 5.10 Å². The molecule has 0 atom stereocenters. The van der Waals surface area contributed by atoms with Crippen molar-refractivity contribution in [3.63, 3.8) is 0 Å². The molecular weight excluding hydrogens is 241 g/mol. The van der Waals surface area contributed by atoms with Crippen LogP contribution in [-0.4, -0.2) is 14.8 Å². The van der Waals surface area contributed by atoms with Crippen LogP contribution in [0.15, 0.2) is 5.38 Å². The fraction of sp³-hybridized carbons (Fsp3) is 0.250. The normalized spacial score (nSPS) is 10.9. The molecule has 0 N–H and O–H groups in total. The molecule has 0 aliphatic carbocycles. The van der Waals surface area contributed by atoms with Crippen molar-refractivity contribution in [2.24, 2.45) is 0 Å². The Morgan fingerprint density at radius 3 is 2.50 bits per heavy atom. The molecule has 0 amide bonds. The second kappa shape index (κ2) is 3.53. The number of rotatable bonds is 1. The molecule has 74 valence electrons. The third-order valence-electron chi connectivity index (χ3n) is 1.85. The Bertz CT molecular complexity index is 475. The van der Waals surface area contributed by atoms with Crippen molar-refractivity contribution in [3.8, 4) is 5.13 Å². The van der Waals surface area contributed by atoms with Gasteiger partial charge in [0.2, 0.25) is 5.13 Å². The lowest BCUT2D eigenvalue weighted by molar-refractivity contribution is 0.825. The number of halogens is 2. The van der Waals surface area contributed by atoms with Crippen LogP contribution < -0.4 is 0 Å². The van der Waals surface area contributed by atoms with Crippen LogP contribution in [0.5, 0.6) is 0 Å². The molecule has 0 unspecified atom stereocenters. The van der Waals surface area contributed by atoms with Crippen molar-refractivity contribution in [3.05, 3.63) is 26.9 Å². The first kappa shape index (κ1) is 9.96. The lowest BCUT2D eigenvalue weighted by Crippen LogP contribution is -1.97. The van der Waals surface area contributed by atoms with E-state index in [1.54, 1.807) is 10.1 Å². The van der Waals surface area contributed by atoms with Crippen molar-refractivity contribution in [2.45, 2.75) is 13.8 Å². The van der Waals surface area contributed by atoms with Gasteiger partial charge in [-0.25, -0.2) is 9.67 Å². The molecule has 0 spiro atoms. The molecule has 2 heterocycles. The van der Waals surface area contributed by atoms with Crippen molar-refractivity contribution in [2.75, 3.05) is 0 Å². The number of hydrogen-bond acceptors (Lipinski definition) is 3. The molecule has 3 nitrogen and oxygen atoms in total. The van der Waals surface area contributed by atoms with E-state index >= 15 is 0 Å². The fourth-order valence-corrected chi connectivity index (χ4v) is 2.22. The van der Waals surface area contributed by atoms with E-state index in [1.165, 1.54) is 11.3 Å². The zero-order valence-corrected chi connectivity index (χ0v) is 9.91. The number of aryl methyl sites for hydroxylation is 1. The van der Waals surface area contributed by atoms with Crippen LogP contribution in [0.4, 0.5) is 0 Å². The summed E-state index contributed by atoms with van der Waals surface area (Å²) in [5, 5.41) is 7.93. The third kappa shape index (κ3) is 1.54. The SMILES string of the molecule is Cc1nn(-c2nc(Cl)cs2)c(C)c1Cl. The van der Waals surface area contributed by atoms with E-state index in [1.807, 2.05) is 13.8 Å². The molecule has 2 aromatic rings. The van der Waals surface area contributed by atoms with Gasteiger partial charge in [0.15, 0.2) is 0 Å². The molecule has 2 aromatic heterocycles. The first-order valence-corrected chi connectivity index (χ1v) is 5.56. The highest BCUT2D eigenvalue weighted by Gasteiger charge is 2.12. The van der Waals surface area contributed by atoms with Gasteiger partial charge >= 0.3 is 0 Å². The predicted octanol–water partition coefficient (Wildman–Crippen LogP) is 3.25. The highest BCUT2D eigenvalue weighted by molar-refractivity contribution is 7.12. The standard InChI is InChI=1S/C8H7Cl2N3S/c1-4-7(10)5(2)13(12-4)8-11-6(9)3-14-8/h3H,1-2H3. The molecule has 0 radical (unpaired) electrons. The van der Waals surface area contributed by atoms with Crippen molar-refractivity contribution >= 4 is 34.5 Å². The lowest BCUT2D eigenvalue weighted by Gasteiger charge is -1.96. The number of aromatic nitrogens is 3. The highest BCUT2D eigenvalue weighted by Crippen LogP contribution is 2.25. The maximum absolute atomic E-state index is 6.02. The van der Waals surface area contributed by atoms with E-state index < -0.39 is 0 Å². The van der Waals surface area contributed by atoms with Crippen LogP contribution in [0.25, 0.3) is 5.13 Å². The first-order valence-electron chi connectivity index (χ1n) is 3.92. The zero-order chi connectivity index (χ0) is 10.3. The van der Waals surface area contributed by atoms with E-state index in [0.717, 1.165) is 16.5 Å². The van der Waals surface area contributed by atoms with E-state index in [9.17, 15) is 0 Å². The van der Waals surface area contributed by atoms with Crippen LogP contribution >= 0.6 is 34.5 Å². The van der Waals surface area contributed by atoms with Crippen LogP contribution in [0.3, 0.4) is 0 Å². The Morgan fingerprint density at radius 2 is 2.07 bits per heavy atom. The zero-order valence-electron chi connectivity index (χ0n) is 7.58. The maximum atomic E-state index is 6.02. The van der Waals surface area contributed by atoms with Gasteiger partial charge in [-0.15, -0.1) is 11.3 Å². The van der Waals surface area contributed by atoms with E-state index in [0.29, 0.717) is 10.2 Å². The summed E-state index contributed by atoms with van der Waals surface area (Å²) in [4.78, 5) is 4.12. The van der Waals surface area contributed by atoms with E-state index in [4.69, 9.17) is 23.2 Å². The second-order valence-electron chi connectivity index (χ2n) is 2.85. The molecule has 14 heavy (non-hydrogen) atoms. The van der Waals surface area contributed by atoms with Crippen LogP contribution in [0.2, 0.25) is 10.2 Å². The van der Waals surface area contributed by atoms with Gasteiger partial charge in [-0.1, -0.05) is 23.2 Å². The average Bonchev–Trinajstić information content (AvgIpc) is 2.66. The first-order chi connectivity index (χ1) is 6.59. The van der Waals surface area contributed by atoms with Gasteiger partial charge < -0.3 is 0 Å². The van der Waals surface area contributed by atoms with Crippen molar-refractivity contribution < 1.29 is 0 Å². The molecular formula is C8H7Cl2N3S. The Kier molecular flexibility index (Phi) is 2.51. The van der Waals surface area contributed by atoms with Crippen LogP contribution in [0, 0.1) is 13.8 Å². The minimum Gasteiger partial charge on any atom is -0.209 e. The molecule has 0 aliphatic rings. The summed E-state index contributed by atoms with van der Waals surface area (Å²) in [6.07, 6.45) is 0. The van der Waals surface area contributed by atoms with Gasteiger partial charge in [0.25, 0.3) is 0 Å². The molecule has 0 aromatic carbocycles. The van der Waals surface area contributed by atoms with Gasteiger partial charge in [0.1, 0.15) is 5.15 Å². The number of thiazole rings is 1. The topological polar surface area (TPSA) is 30.7 Å². The summed E-state index contributed by atoms with van der Waals surface area (Å²) in [6.45, 7) is 3.76. The predicted molar refractivity (Wildman–Crippen MR) is 58.7 cm³/mol. The number of hydrogen-bond donors (Lipinski definition) is 0. The Hall–Kier alpha value is -0.580. The quantitative estimate of drug-likeness (QED) is 0.775. The lowest BCUT2D eigenvalue weighted by atomic mass is 10.4. The Labute approximate surface area is 95.3 Å². The van der Waals surface area contributed by atoms with E-state index in [2.05, 4.69) is 10.1 Å². The minimum absolute atomic E-state index is 0.480. The molecule has 0 bridgehead atoms. The second-order valence-corrected chi connectivity index (χ2v) is 4.45. The number of nitrogens with zero attached hydrogens (tertiary/aromatic N) is 3. The van der Waals surface area contributed by atoms with Crippen LogP contribution in [-0.2, 0) is 0 Å². The maximum Gasteiger partial charge on any atom is 0.212 e. The summed E-state index contributed by atoms with van der Waals surface area (Å²) >= 11 is 13.2. The largest absolute Gasteiger partial charge is 0.212 e. The smallest absolute Gasteiger partial charge is 0.209 e. The Morgan fingerprint density at radius 1 is 1.36 bits per heavy atom. The van der Waals surface area contributed by atoms with Gasteiger partial charge in [0.05, 0.1) is 16.4 Å². The highest BCUT2D eigenvalue weighted by atomic mass is 35.5. The monoisotopic (exact) mass is 247 g/mol. The molecule has 0 saturated carbocycles. The van der Waals surface area contributed by atoms with Crippen molar-refractivity contribution in [1.29, 1.82) is 0 Å². The van der Waals surface area contributed by atoms with Gasteiger partial charge in [-0.05, 0) is 13.8 Å². The van der Waals surface area contributed by atoms with Crippen LogP contribution in [0.1, 0.15) is 11.4 Å². The average molecular weight is 248 g/mol. The molecule has 0 fully saturated rings. The fourth-order valence-electron chi connectivity index (χ4n) is 1.15. The Balaban J connectivity index is 2.57. The summed E-state index contributed by atoms with van der Waals surface area (Å²) in [6, 6.07) is 0. The minimum atomic E-state index is 0.480. The summed E-state index contributed by atoms with van der Waals surface area (Å²) in [5.74, 6) is 0. The summed E-state index contributed by atoms with van der Waals surface area (Å²) in [7, 11) is 0. The van der Waals surface area contributed by atoms with Gasteiger partial charge in [0, 0.05) is 5.38 Å². The third-order valence-corrected chi connectivity index (χ3v) is 3.53. The molecule has 6 heteroatoms. The molecule has 2 rings (SSSR count). The van der Waals surface area contributed by atoms with E-state index in [-0.39, 0.29) is 0 Å².